The molecule has 0 saturated carbocycles. The summed E-state index contributed by atoms with van der Waals surface area (Å²) in [5, 5.41) is 37.0. The van der Waals surface area contributed by atoms with Crippen LogP contribution in [0.2, 0.25) is 10.0 Å². The molecule has 0 aliphatic rings. The van der Waals surface area contributed by atoms with E-state index < -0.39 is 11.9 Å². The summed E-state index contributed by atoms with van der Waals surface area (Å²) in [5.41, 5.74) is 4.61. The Morgan fingerprint density at radius 1 is 0.678 bits per heavy atom. The quantitative estimate of drug-likeness (QED) is 0.105. The van der Waals surface area contributed by atoms with Crippen LogP contribution in [0.15, 0.2) is 94.2 Å². The number of nitrogens with zero attached hydrogens (tertiary/aromatic N) is 8. The SMILES string of the molecule is CC(C)Oc1ccc(-c2nc(-c3ccc4c(cnn4CCC(=O)O)c3)no2)cc1Cl.CCOc1ccc(-c2nc(-c3ccc4c(cnn4CCC(=O)O)c3)no2)cc1Cl. The number of benzene rings is 4. The molecule has 0 amide bonds. The van der Waals surface area contributed by atoms with Crippen molar-refractivity contribution in [2.24, 2.45) is 0 Å². The van der Waals surface area contributed by atoms with Gasteiger partial charge in [-0.25, -0.2) is 0 Å². The van der Waals surface area contributed by atoms with Crippen molar-refractivity contribution in [3.05, 3.63) is 95.2 Å². The van der Waals surface area contributed by atoms with Gasteiger partial charge in [-0.2, -0.15) is 20.2 Å². The molecule has 16 nitrogen and oxygen atoms in total. The fourth-order valence-corrected chi connectivity index (χ4v) is 6.48. The standard InChI is InChI=1S/C21H19ClN4O4.C20H17ClN4O4/c1-12(2)29-18-6-4-14(10-16(18)22)21-24-20(25-30-21)13-3-5-17-15(9-13)11-23-26(17)8-7-19(27)28;1-2-28-17-6-4-13(10-15(17)21)20-23-19(24-29-20)12-3-5-16-14(9-12)11-22-25(16)8-7-18(26)27/h3-6,9-12H,7-8H2,1-2H3,(H,27,28);3-6,9-11H,2,7-8H2,1H3,(H,26,27). The molecule has 18 heteroatoms. The third-order valence-electron chi connectivity index (χ3n) is 8.75. The summed E-state index contributed by atoms with van der Waals surface area (Å²) in [4.78, 5) is 30.5. The van der Waals surface area contributed by atoms with Crippen LogP contribution in [0, 0.1) is 0 Å². The first kappa shape index (κ1) is 40.4. The summed E-state index contributed by atoms with van der Waals surface area (Å²) in [7, 11) is 0. The van der Waals surface area contributed by atoms with Crippen LogP contribution in [0.25, 0.3) is 67.5 Å². The van der Waals surface area contributed by atoms with Crippen LogP contribution in [0.5, 0.6) is 11.5 Å². The lowest BCUT2D eigenvalue weighted by molar-refractivity contribution is -0.138. The van der Waals surface area contributed by atoms with E-state index in [1.54, 1.807) is 46.0 Å². The van der Waals surface area contributed by atoms with Crippen LogP contribution in [0.4, 0.5) is 0 Å². The number of ether oxygens (including phenoxy) is 2. The normalized spacial score (nSPS) is 11.2. The number of fused-ring (bicyclic) bond motifs is 2. The molecule has 2 N–H and O–H groups in total. The molecule has 4 aromatic carbocycles. The van der Waals surface area contributed by atoms with Crippen LogP contribution in [-0.2, 0) is 22.7 Å². The third-order valence-corrected chi connectivity index (χ3v) is 9.34. The maximum absolute atomic E-state index is 10.8. The second-order valence-electron chi connectivity index (χ2n) is 13.3. The first-order valence-corrected chi connectivity index (χ1v) is 19.1. The molecule has 0 aliphatic heterocycles. The maximum atomic E-state index is 10.8. The van der Waals surface area contributed by atoms with Gasteiger partial charge in [0.2, 0.25) is 11.6 Å². The van der Waals surface area contributed by atoms with Crippen molar-refractivity contribution in [1.29, 1.82) is 0 Å². The number of halogens is 2. The number of rotatable bonds is 14. The summed E-state index contributed by atoms with van der Waals surface area (Å²) >= 11 is 12.5. The van der Waals surface area contributed by atoms with Gasteiger partial charge in [-0.05, 0) is 93.6 Å². The van der Waals surface area contributed by atoms with Crippen LogP contribution in [-0.4, -0.2) is 74.7 Å². The Morgan fingerprint density at radius 2 is 1.14 bits per heavy atom. The number of hydrogen-bond donors (Lipinski definition) is 2. The molecule has 0 spiro atoms. The lowest BCUT2D eigenvalue weighted by Crippen LogP contribution is -2.05. The Labute approximate surface area is 345 Å². The van der Waals surface area contributed by atoms with Crippen molar-refractivity contribution in [3.63, 3.8) is 0 Å². The highest BCUT2D eigenvalue weighted by Crippen LogP contribution is 2.33. The largest absolute Gasteiger partial charge is 0.492 e. The molecule has 59 heavy (non-hydrogen) atoms. The average molecular weight is 840 g/mol. The first-order valence-electron chi connectivity index (χ1n) is 18.4. The van der Waals surface area contributed by atoms with Gasteiger partial charge in [0.1, 0.15) is 11.5 Å². The van der Waals surface area contributed by atoms with Crippen molar-refractivity contribution in [3.8, 4) is 57.2 Å². The van der Waals surface area contributed by atoms with E-state index in [9.17, 15) is 9.59 Å². The smallest absolute Gasteiger partial charge is 0.305 e. The lowest BCUT2D eigenvalue weighted by Gasteiger charge is -2.11. The Hall–Kier alpha value is -6.78. The van der Waals surface area contributed by atoms with Gasteiger partial charge in [-0.3, -0.25) is 19.0 Å². The first-order chi connectivity index (χ1) is 28.4. The number of aromatic nitrogens is 8. The number of aliphatic carboxylic acids is 2. The van der Waals surface area contributed by atoms with E-state index in [-0.39, 0.29) is 18.9 Å². The number of carboxylic acid groups (broad SMARTS) is 2. The highest BCUT2D eigenvalue weighted by atomic mass is 35.5. The minimum atomic E-state index is -0.862. The van der Waals surface area contributed by atoms with E-state index in [1.807, 2.05) is 69.3 Å². The second-order valence-corrected chi connectivity index (χ2v) is 14.1. The molecule has 0 fully saturated rings. The molecule has 4 aromatic heterocycles. The van der Waals surface area contributed by atoms with Gasteiger partial charge in [-0.1, -0.05) is 33.5 Å². The van der Waals surface area contributed by atoms with Gasteiger partial charge < -0.3 is 28.7 Å². The van der Waals surface area contributed by atoms with Gasteiger partial charge in [-0.15, -0.1) is 0 Å². The zero-order chi connectivity index (χ0) is 41.6. The predicted octanol–water partition coefficient (Wildman–Crippen LogP) is 8.95. The van der Waals surface area contributed by atoms with Crippen LogP contribution < -0.4 is 9.47 Å². The monoisotopic (exact) mass is 838 g/mol. The summed E-state index contributed by atoms with van der Waals surface area (Å²) in [5.74, 6) is 1.04. The van der Waals surface area contributed by atoms with Crippen molar-refractivity contribution >= 4 is 56.9 Å². The van der Waals surface area contributed by atoms with Crippen molar-refractivity contribution in [1.82, 2.24) is 39.8 Å². The molecular formula is C41H36Cl2N8O8. The van der Waals surface area contributed by atoms with E-state index in [0.717, 1.165) is 32.9 Å². The van der Waals surface area contributed by atoms with Gasteiger partial charge >= 0.3 is 11.9 Å². The zero-order valence-corrected chi connectivity index (χ0v) is 33.4. The van der Waals surface area contributed by atoms with Crippen LogP contribution in [0.1, 0.15) is 33.6 Å². The van der Waals surface area contributed by atoms with E-state index in [2.05, 4.69) is 30.5 Å². The summed E-state index contributed by atoms with van der Waals surface area (Å²) < 4.78 is 25.2. The molecule has 8 rings (SSSR count). The number of aryl methyl sites for hydroxylation is 2. The van der Waals surface area contributed by atoms with E-state index in [4.69, 9.17) is 51.9 Å². The van der Waals surface area contributed by atoms with Gasteiger partial charge in [0.25, 0.3) is 11.8 Å². The van der Waals surface area contributed by atoms with Gasteiger partial charge in [0.05, 0.1) is 72.1 Å². The third kappa shape index (κ3) is 9.51. The molecule has 8 aromatic rings. The average Bonchev–Trinajstić information content (AvgIpc) is 4.04. The highest BCUT2D eigenvalue weighted by Gasteiger charge is 2.17. The van der Waals surface area contributed by atoms with Gasteiger partial charge in [0.15, 0.2) is 0 Å². The molecule has 0 unspecified atom stereocenters. The Bertz CT molecular complexity index is 2770. The second kappa shape index (κ2) is 17.8. The Balaban J connectivity index is 0.000000179. The van der Waals surface area contributed by atoms with Crippen molar-refractivity contribution in [2.45, 2.75) is 52.8 Å². The molecule has 0 radical (unpaired) electrons. The number of carboxylic acids is 2. The number of hydrogen-bond acceptors (Lipinski definition) is 12. The molecule has 0 saturated heterocycles. The predicted molar refractivity (Wildman–Crippen MR) is 218 cm³/mol. The summed E-state index contributed by atoms with van der Waals surface area (Å²) in [6.07, 6.45) is 3.42. The molecular weight excluding hydrogens is 803 g/mol. The maximum Gasteiger partial charge on any atom is 0.305 e. The van der Waals surface area contributed by atoms with Crippen molar-refractivity contribution < 1.29 is 38.3 Å². The molecule has 4 heterocycles. The fourth-order valence-electron chi connectivity index (χ4n) is 6.02. The fraction of sp³-hybridized carbons (Fsp3) is 0.220. The summed E-state index contributed by atoms with van der Waals surface area (Å²) in [6, 6.07) is 21.8. The minimum absolute atomic E-state index is 0.0102. The van der Waals surface area contributed by atoms with E-state index in [1.165, 1.54) is 0 Å². The van der Waals surface area contributed by atoms with Crippen LogP contribution >= 0.6 is 23.2 Å². The van der Waals surface area contributed by atoms with Gasteiger partial charge in [0, 0.05) is 33.0 Å². The topological polar surface area (TPSA) is 207 Å². The van der Waals surface area contributed by atoms with Crippen molar-refractivity contribution in [2.75, 3.05) is 6.61 Å². The zero-order valence-electron chi connectivity index (χ0n) is 31.9. The lowest BCUT2D eigenvalue weighted by atomic mass is 10.1. The van der Waals surface area contributed by atoms with E-state index in [0.29, 0.717) is 75.8 Å². The minimum Gasteiger partial charge on any atom is -0.492 e. The Kier molecular flexibility index (Phi) is 12.2. The molecule has 0 bridgehead atoms. The number of carbonyl (C=O) groups is 2. The highest BCUT2D eigenvalue weighted by molar-refractivity contribution is 6.32. The molecule has 0 atom stereocenters. The summed E-state index contributed by atoms with van der Waals surface area (Å²) in [6.45, 7) is 6.90. The van der Waals surface area contributed by atoms with E-state index >= 15 is 0 Å². The molecule has 302 valence electrons. The molecule has 0 aliphatic carbocycles. The van der Waals surface area contributed by atoms with Crippen LogP contribution in [0.3, 0.4) is 0 Å². The Morgan fingerprint density at radius 3 is 1.56 bits per heavy atom.